The van der Waals surface area contributed by atoms with Crippen LogP contribution in [-0.2, 0) is 0 Å². The number of carbonyl (C=O) groups is 1. The lowest BCUT2D eigenvalue weighted by Crippen LogP contribution is -1.98. The van der Waals surface area contributed by atoms with Crippen molar-refractivity contribution in [2.45, 2.75) is 30.9 Å². The number of unbranched alkanes of at least 4 members (excludes halogenated alkanes) is 1. The highest BCUT2D eigenvalue weighted by atomic mass is 32.2. The standard InChI is InChI=1S/C14H16OS3/c1-3-4-7-17-14-11(9-10(2)18-14)13(15)12-6-5-8-16-12/h5-6,8-9H,3-4,7H2,1-2H3. The van der Waals surface area contributed by atoms with Crippen molar-refractivity contribution < 1.29 is 4.79 Å². The van der Waals surface area contributed by atoms with Crippen LogP contribution in [0.25, 0.3) is 0 Å². The smallest absolute Gasteiger partial charge is 0.204 e. The van der Waals surface area contributed by atoms with Gasteiger partial charge in [-0.15, -0.1) is 34.4 Å². The number of rotatable bonds is 6. The highest BCUT2D eigenvalue weighted by molar-refractivity contribution is 8.01. The van der Waals surface area contributed by atoms with Crippen molar-refractivity contribution in [3.63, 3.8) is 0 Å². The molecule has 0 amide bonds. The molecule has 2 heterocycles. The Hall–Kier alpha value is -0.580. The van der Waals surface area contributed by atoms with Crippen LogP contribution in [0.15, 0.2) is 27.8 Å². The average molecular weight is 296 g/mol. The van der Waals surface area contributed by atoms with Crippen LogP contribution in [0.2, 0.25) is 0 Å². The van der Waals surface area contributed by atoms with Crippen LogP contribution in [0.4, 0.5) is 0 Å². The van der Waals surface area contributed by atoms with Gasteiger partial charge in [-0.25, -0.2) is 0 Å². The molecule has 4 heteroatoms. The number of hydrogen-bond donors (Lipinski definition) is 0. The first-order valence-corrected chi connectivity index (χ1v) is 8.72. The van der Waals surface area contributed by atoms with E-state index in [1.807, 2.05) is 35.3 Å². The van der Waals surface area contributed by atoms with Crippen molar-refractivity contribution in [2.75, 3.05) is 5.75 Å². The van der Waals surface area contributed by atoms with Gasteiger partial charge in [0.25, 0.3) is 0 Å². The van der Waals surface area contributed by atoms with Gasteiger partial charge in [0.2, 0.25) is 5.78 Å². The summed E-state index contributed by atoms with van der Waals surface area (Å²) in [5.74, 6) is 1.27. The van der Waals surface area contributed by atoms with E-state index in [1.165, 1.54) is 33.3 Å². The zero-order valence-corrected chi connectivity index (χ0v) is 13.0. The third kappa shape index (κ3) is 3.25. The fraction of sp³-hybridized carbons (Fsp3) is 0.357. The summed E-state index contributed by atoms with van der Waals surface area (Å²) in [5, 5.41) is 1.95. The Labute approximate surface area is 120 Å². The van der Waals surface area contributed by atoms with E-state index >= 15 is 0 Å². The second kappa shape index (κ2) is 6.55. The van der Waals surface area contributed by atoms with E-state index in [4.69, 9.17) is 0 Å². The monoisotopic (exact) mass is 296 g/mol. The van der Waals surface area contributed by atoms with Crippen molar-refractivity contribution in [1.82, 2.24) is 0 Å². The summed E-state index contributed by atoms with van der Waals surface area (Å²) in [6.07, 6.45) is 2.40. The third-order valence-corrected chi connectivity index (χ3v) is 5.83. The summed E-state index contributed by atoms with van der Waals surface area (Å²) >= 11 is 5.08. The summed E-state index contributed by atoms with van der Waals surface area (Å²) in [4.78, 5) is 14.4. The molecule has 0 aromatic carbocycles. The number of hydrogen-bond acceptors (Lipinski definition) is 4. The molecule has 0 unspecified atom stereocenters. The molecular formula is C14H16OS3. The Kier molecular flexibility index (Phi) is 5.03. The Balaban J connectivity index is 2.19. The largest absolute Gasteiger partial charge is 0.288 e. The summed E-state index contributed by atoms with van der Waals surface area (Å²) in [6.45, 7) is 4.26. The number of ketones is 1. The summed E-state index contributed by atoms with van der Waals surface area (Å²) in [6, 6.07) is 5.86. The van der Waals surface area contributed by atoms with Crippen LogP contribution in [0.1, 0.15) is 39.9 Å². The quantitative estimate of drug-likeness (QED) is 0.412. The van der Waals surface area contributed by atoms with Crippen molar-refractivity contribution >= 4 is 40.2 Å². The van der Waals surface area contributed by atoms with Gasteiger partial charge in [0.15, 0.2) is 0 Å². The first kappa shape index (κ1) is 13.8. The second-order valence-corrected chi connectivity index (χ2v) is 7.63. The Bertz CT molecular complexity index is 511. The molecule has 0 bridgehead atoms. The molecule has 0 N–H and O–H groups in total. The molecule has 2 rings (SSSR count). The zero-order chi connectivity index (χ0) is 13.0. The molecule has 0 aliphatic carbocycles. The summed E-state index contributed by atoms with van der Waals surface area (Å²) in [7, 11) is 0. The summed E-state index contributed by atoms with van der Waals surface area (Å²) < 4.78 is 1.18. The van der Waals surface area contributed by atoms with Crippen molar-refractivity contribution in [2.24, 2.45) is 0 Å². The van der Waals surface area contributed by atoms with Gasteiger partial charge in [-0.3, -0.25) is 4.79 Å². The highest BCUT2D eigenvalue weighted by Crippen LogP contribution is 2.34. The molecule has 1 nitrogen and oxygen atoms in total. The van der Waals surface area contributed by atoms with Gasteiger partial charge in [-0.2, -0.15) is 0 Å². The van der Waals surface area contributed by atoms with Crippen LogP contribution in [0.3, 0.4) is 0 Å². The molecule has 2 aromatic heterocycles. The molecular weight excluding hydrogens is 280 g/mol. The molecule has 96 valence electrons. The van der Waals surface area contributed by atoms with E-state index in [0.29, 0.717) is 0 Å². The first-order valence-electron chi connectivity index (χ1n) is 6.03. The van der Waals surface area contributed by atoms with Crippen LogP contribution in [0.5, 0.6) is 0 Å². The minimum absolute atomic E-state index is 0.174. The fourth-order valence-electron chi connectivity index (χ4n) is 1.61. The molecule has 0 atom stereocenters. The van der Waals surface area contributed by atoms with Gasteiger partial charge in [0.05, 0.1) is 9.09 Å². The Morgan fingerprint density at radius 2 is 2.28 bits per heavy atom. The fourth-order valence-corrected chi connectivity index (χ4v) is 4.82. The van der Waals surface area contributed by atoms with Crippen LogP contribution < -0.4 is 0 Å². The van der Waals surface area contributed by atoms with Gasteiger partial charge in [0.1, 0.15) is 0 Å². The predicted molar refractivity (Wildman–Crippen MR) is 82.4 cm³/mol. The van der Waals surface area contributed by atoms with Gasteiger partial charge in [0, 0.05) is 10.4 Å². The molecule has 0 radical (unpaired) electrons. The van der Waals surface area contributed by atoms with E-state index < -0.39 is 0 Å². The molecule has 0 saturated carbocycles. The van der Waals surface area contributed by atoms with Crippen molar-refractivity contribution in [1.29, 1.82) is 0 Å². The highest BCUT2D eigenvalue weighted by Gasteiger charge is 2.17. The molecule has 0 saturated heterocycles. The van der Waals surface area contributed by atoms with Crippen LogP contribution >= 0.6 is 34.4 Å². The first-order chi connectivity index (χ1) is 8.72. The van der Waals surface area contributed by atoms with Crippen molar-refractivity contribution in [3.05, 3.63) is 38.9 Å². The normalized spacial score (nSPS) is 10.8. The lowest BCUT2D eigenvalue weighted by molar-refractivity contribution is 0.104. The number of thioether (sulfide) groups is 1. The van der Waals surface area contributed by atoms with Gasteiger partial charge < -0.3 is 0 Å². The predicted octanol–water partition coefficient (Wildman–Crippen LogP) is 5.24. The second-order valence-electron chi connectivity index (χ2n) is 4.07. The van der Waals surface area contributed by atoms with Crippen LogP contribution in [0, 0.1) is 6.92 Å². The maximum absolute atomic E-state index is 12.4. The molecule has 0 aliphatic heterocycles. The average Bonchev–Trinajstić information content (AvgIpc) is 2.98. The maximum Gasteiger partial charge on any atom is 0.204 e. The third-order valence-electron chi connectivity index (χ3n) is 2.54. The maximum atomic E-state index is 12.4. The lowest BCUT2D eigenvalue weighted by atomic mass is 10.2. The van der Waals surface area contributed by atoms with E-state index in [0.717, 1.165) is 16.2 Å². The van der Waals surface area contributed by atoms with Crippen molar-refractivity contribution in [3.8, 4) is 0 Å². The minimum atomic E-state index is 0.174. The van der Waals surface area contributed by atoms with E-state index in [2.05, 4.69) is 13.8 Å². The van der Waals surface area contributed by atoms with Gasteiger partial charge >= 0.3 is 0 Å². The topological polar surface area (TPSA) is 17.1 Å². The zero-order valence-electron chi connectivity index (χ0n) is 10.6. The van der Waals surface area contributed by atoms with Gasteiger partial charge in [-0.1, -0.05) is 19.4 Å². The molecule has 18 heavy (non-hydrogen) atoms. The number of thiophene rings is 2. The summed E-state index contributed by atoms with van der Waals surface area (Å²) in [5.41, 5.74) is 0.890. The Morgan fingerprint density at radius 1 is 1.44 bits per heavy atom. The van der Waals surface area contributed by atoms with E-state index in [-0.39, 0.29) is 5.78 Å². The lowest BCUT2D eigenvalue weighted by Gasteiger charge is -2.01. The van der Waals surface area contributed by atoms with E-state index in [1.54, 1.807) is 11.3 Å². The molecule has 0 fully saturated rings. The Morgan fingerprint density at radius 3 is 2.94 bits per heavy atom. The minimum Gasteiger partial charge on any atom is -0.288 e. The number of carbonyl (C=O) groups excluding carboxylic acids is 1. The van der Waals surface area contributed by atoms with Gasteiger partial charge in [-0.05, 0) is 36.6 Å². The van der Waals surface area contributed by atoms with E-state index in [9.17, 15) is 4.79 Å². The molecule has 0 aliphatic rings. The van der Waals surface area contributed by atoms with Crippen LogP contribution in [-0.4, -0.2) is 11.5 Å². The molecule has 0 spiro atoms. The number of aryl methyl sites for hydroxylation is 1. The molecule has 2 aromatic rings. The SMILES string of the molecule is CCCCSc1sc(C)cc1C(=O)c1cccs1.